The Morgan fingerprint density at radius 3 is 2.13 bits per heavy atom. The molecular formula is C23H35NO14. The highest BCUT2D eigenvalue weighted by atomic mass is 16.8. The monoisotopic (exact) mass is 549 g/mol. The largest absolute Gasteiger partial charge is 0.460 e. The maximum absolute atomic E-state index is 12.0. The molecule has 0 aromatic carbocycles. The number of nitrogens with one attached hydrogen (secondary N) is 1. The second-order valence-corrected chi connectivity index (χ2v) is 9.72. The standard InChI is InChI=1S/C23H35NO14/c1-7(25)12-11(4-5-24-12)36-23-20(38-22-17(31)15(29)13(27)8(2)34-22)18(32)19(9(3)35-23)37-21-16(30)14(28)10(26)6-33-21/h4-5,8-10,13-24,26-32H,6H2,1-3H3/t8-,9-,10+,13-,14+,15+,16-,17-,18+,19-,20-,21+,22+,23+/m1/s1. The zero-order valence-electron chi connectivity index (χ0n) is 20.9. The molecule has 38 heavy (non-hydrogen) atoms. The van der Waals surface area contributed by atoms with Crippen molar-refractivity contribution in [3.05, 3.63) is 18.0 Å². The predicted molar refractivity (Wildman–Crippen MR) is 122 cm³/mol. The fourth-order valence-corrected chi connectivity index (χ4v) is 4.61. The highest BCUT2D eigenvalue weighted by molar-refractivity contribution is 5.94. The molecule has 1 aromatic heterocycles. The molecule has 0 amide bonds. The SMILES string of the molecule is CC(=O)c1[nH]ccc1O[C@@H]1O[C@H](C)[C@@H](O[C@@H]2OC[C@H](O)[C@H](O)[C@H]2O)[C@H](O)[C@H]1O[C@@H]1O[C@H](C)[C@@H](O)[C@H](O)[C@H]1O. The van der Waals surface area contributed by atoms with Crippen molar-refractivity contribution in [2.24, 2.45) is 0 Å². The molecular weight excluding hydrogens is 514 g/mol. The lowest BCUT2D eigenvalue weighted by atomic mass is 9.97. The number of aromatic nitrogens is 1. The molecule has 1 aromatic rings. The van der Waals surface area contributed by atoms with Crippen LogP contribution < -0.4 is 4.74 Å². The molecule has 8 N–H and O–H groups in total. The van der Waals surface area contributed by atoms with E-state index in [2.05, 4.69) is 4.98 Å². The van der Waals surface area contributed by atoms with E-state index < -0.39 is 86.0 Å². The molecule has 0 aliphatic carbocycles. The van der Waals surface area contributed by atoms with Crippen LogP contribution in [0, 0.1) is 0 Å². The molecule has 15 nitrogen and oxygen atoms in total. The van der Waals surface area contributed by atoms with E-state index in [0.717, 1.165) is 0 Å². The zero-order valence-corrected chi connectivity index (χ0v) is 20.9. The van der Waals surface area contributed by atoms with E-state index in [0.29, 0.717) is 0 Å². The third kappa shape index (κ3) is 5.74. The van der Waals surface area contributed by atoms with Gasteiger partial charge in [-0.05, 0) is 19.9 Å². The molecule has 3 fully saturated rings. The summed E-state index contributed by atoms with van der Waals surface area (Å²) >= 11 is 0. The number of ketones is 1. The van der Waals surface area contributed by atoms with Crippen LogP contribution in [0.4, 0.5) is 0 Å². The van der Waals surface area contributed by atoms with Crippen molar-refractivity contribution < 1.29 is 69.0 Å². The van der Waals surface area contributed by atoms with Crippen LogP contribution in [0.5, 0.6) is 5.75 Å². The smallest absolute Gasteiger partial charge is 0.229 e. The van der Waals surface area contributed by atoms with Crippen molar-refractivity contribution in [2.75, 3.05) is 6.61 Å². The van der Waals surface area contributed by atoms with Crippen LogP contribution in [0.15, 0.2) is 12.3 Å². The topological polar surface area (TPSA) is 230 Å². The second-order valence-electron chi connectivity index (χ2n) is 9.72. The summed E-state index contributed by atoms with van der Waals surface area (Å²) in [5.74, 6) is -0.249. The van der Waals surface area contributed by atoms with Crippen LogP contribution in [0.1, 0.15) is 31.3 Å². The van der Waals surface area contributed by atoms with E-state index >= 15 is 0 Å². The van der Waals surface area contributed by atoms with Crippen LogP contribution in [-0.4, -0.2) is 139 Å². The van der Waals surface area contributed by atoms with Crippen molar-refractivity contribution in [3.8, 4) is 5.75 Å². The van der Waals surface area contributed by atoms with Crippen molar-refractivity contribution >= 4 is 5.78 Å². The molecule has 0 radical (unpaired) electrons. The van der Waals surface area contributed by atoms with Crippen LogP contribution >= 0.6 is 0 Å². The fraction of sp³-hybridized carbons (Fsp3) is 0.783. The summed E-state index contributed by atoms with van der Waals surface area (Å²) in [6.45, 7) is 3.95. The number of H-pyrrole nitrogens is 1. The number of carbonyl (C=O) groups is 1. The lowest BCUT2D eigenvalue weighted by Gasteiger charge is -2.47. The first-order chi connectivity index (χ1) is 17.9. The van der Waals surface area contributed by atoms with Crippen LogP contribution in [-0.2, 0) is 23.7 Å². The highest BCUT2D eigenvalue weighted by Crippen LogP contribution is 2.33. The quantitative estimate of drug-likeness (QED) is 0.156. The molecule has 4 heterocycles. The van der Waals surface area contributed by atoms with Gasteiger partial charge in [0.15, 0.2) is 30.2 Å². The maximum atomic E-state index is 12.0. The number of aliphatic hydroxyl groups is 7. The molecule has 14 atom stereocenters. The van der Waals surface area contributed by atoms with E-state index in [9.17, 15) is 40.5 Å². The number of hydrogen-bond acceptors (Lipinski definition) is 14. The molecule has 3 aliphatic rings. The van der Waals surface area contributed by atoms with Gasteiger partial charge in [0.25, 0.3) is 0 Å². The molecule has 3 saturated heterocycles. The summed E-state index contributed by atoms with van der Waals surface area (Å²) in [4.78, 5) is 14.7. The fourth-order valence-electron chi connectivity index (χ4n) is 4.61. The van der Waals surface area contributed by atoms with Gasteiger partial charge in [-0.15, -0.1) is 0 Å². The lowest BCUT2D eigenvalue weighted by molar-refractivity contribution is -0.369. The molecule has 216 valence electrons. The molecule has 0 spiro atoms. The maximum Gasteiger partial charge on any atom is 0.229 e. The molecule has 0 unspecified atom stereocenters. The van der Waals surface area contributed by atoms with Gasteiger partial charge in [0, 0.05) is 13.1 Å². The Kier molecular flexibility index (Phi) is 9.08. The van der Waals surface area contributed by atoms with E-state index in [1.165, 1.54) is 33.0 Å². The Morgan fingerprint density at radius 1 is 0.816 bits per heavy atom. The minimum atomic E-state index is -1.71. The van der Waals surface area contributed by atoms with Gasteiger partial charge in [-0.2, -0.15) is 0 Å². The molecule has 15 heteroatoms. The van der Waals surface area contributed by atoms with Crippen molar-refractivity contribution in [3.63, 3.8) is 0 Å². The highest BCUT2D eigenvalue weighted by Gasteiger charge is 2.52. The van der Waals surface area contributed by atoms with Gasteiger partial charge in [0.2, 0.25) is 6.29 Å². The van der Waals surface area contributed by atoms with Crippen molar-refractivity contribution in [1.29, 1.82) is 0 Å². The molecule has 0 bridgehead atoms. The zero-order chi connectivity index (χ0) is 27.9. The minimum Gasteiger partial charge on any atom is -0.460 e. The summed E-state index contributed by atoms with van der Waals surface area (Å²) in [6, 6.07) is 1.46. The summed E-state index contributed by atoms with van der Waals surface area (Å²) in [7, 11) is 0. The van der Waals surface area contributed by atoms with Gasteiger partial charge in [-0.3, -0.25) is 4.79 Å². The van der Waals surface area contributed by atoms with Gasteiger partial charge in [-0.25, -0.2) is 0 Å². The van der Waals surface area contributed by atoms with Crippen LogP contribution in [0.3, 0.4) is 0 Å². The van der Waals surface area contributed by atoms with E-state index in [1.807, 2.05) is 0 Å². The normalized spacial score (nSPS) is 46.1. The summed E-state index contributed by atoms with van der Waals surface area (Å²) in [5.41, 5.74) is 0.125. The second kappa shape index (κ2) is 11.8. The predicted octanol–water partition coefficient (Wildman–Crippen LogP) is -3.26. The number of carbonyl (C=O) groups excluding carboxylic acids is 1. The Bertz CT molecular complexity index is 945. The van der Waals surface area contributed by atoms with Gasteiger partial charge in [-0.1, -0.05) is 0 Å². The van der Waals surface area contributed by atoms with Gasteiger partial charge in [0.05, 0.1) is 18.8 Å². The third-order valence-corrected chi connectivity index (χ3v) is 6.90. The van der Waals surface area contributed by atoms with E-state index in [4.69, 9.17) is 28.4 Å². The number of hydrogen-bond donors (Lipinski definition) is 8. The van der Waals surface area contributed by atoms with E-state index in [1.54, 1.807) is 0 Å². The number of Topliss-reactive ketones (excluding diaryl/α,β-unsaturated/α-hetero) is 1. The average Bonchev–Trinajstić information content (AvgIpc) is 3.34. The van der Waals surface area contributed by atoms with Crippen molar-refractivity contribution in [1.82, 2.24) is 4.98 Å². The van der Waals surface area contributed by atoms with Gasteiger partial charge >= 0.3 is 0 Å². The first-order valence-electron chi connectivity index (χ1n) is 12.3. The Morgan fingerprint density at radius 2 is 1.45 bits per heavy atom. The average molecular weight is 550 g/mol. The Hall–Kier alpha value is -1.73. The first kappa shape index (κ1) is 29.3. The van der Waals surface area contributed by atoms with Gasteiger partial charge in [0.1, 0.15) is 54.5 Å². The Labute approximate surface area is 217 Å². The number of ether oxygens (including phenoxy) is 6. The van der Waals surface area contributed by atoms with E-state index in [-0.39, 0.29) is 23.8 Å². The lowest BCUT2D eigenvalue weighted by Crippen LogP contribution is -2.65. The Balaban J connectivity index is 1.58. The molecule has 3 aliphatic heterocycles. The molecule has 0 saturated carbocycles. The number of aromatic amines is 1. The summed E-state index contributed by atoms with van der Waals surface area (Å²) in [5, 5.41) is 72.0. The third-order valence-electron chi connectivity index (χ3n) is 6.90. The van der Waals surface area contributed by atoms with Crippen molar-refractivity contribution in [2.45, 2.75) is 107 Å². The molecule has 4 rings (SSSR count). The van der Waals surface area contributed by atoms with Gasteiger partial charge < -0.3 is 69.2 Å². The number of rotatable bonds is 7. The minimum absolute atomic E-state index is 0.0898. The number of aliphatic hydroxyl groups excluding tert-OH is 7. The summed E-state index contributed by atoms with van der Waals surface area (Å²) in [6.07, 6.45) is -18.4. The van der Waals surface area contributed by atoms with Crippen LogP contribution in [0.25, 0.3) is 0 Å². The van der Waals surface area contributed by atoms with Crippen LogP contribution in [0.2, 0.25) is 0 Å². The summed E-state index contributed by atoms with van der Waals surface area (Å²) < 4.78 is 34.1. The first-order valence-corrected chi connectivity index (χ1v) is 12.3.